The average molecular weight is 500 g/mol. The van der Waals surface area contributed by atoms with E-state index in [9.17, 15) is 14.0 Å². The van der Waals surface area contributed by atoms with Gasteiger partial charge in [0.1, 0.15) is 5.82 Å². The van der Waals surface area contributed by atoms with E-state index >= 15 is 0 Å². The second-order valence-corrected chi connectivity index (χ2v) is 8.95. The zero-order valence-corrected chi connectivity index (χ0v) is 20.4. The summed E-state index contributed by atoms with van der Waals surface area (Å²) in [7, 11) is 3.18. The van der Waals surface area contributed by atoms with Crippen LogP contribution in [0.1, 0.15) is 33.6 Å². The number of nitrogens with one attached hydrogen (secondary N) is 1. The highest BCUT2D eigenvalue weighted by atomic mass is 35.5. The number of hydrogen-bond donors (Lipinski definition) is 1. The fourth-order valence-electron chi connectivity index (χ4n) is 4.20. The summed E-state index contributed by atoms with van der Waals surface area (Å²) in [4.78, 5) is 29.0. The van der Waals surface area contributed by atoms with Crippen LogP contribution < -0.4 is 15.1 Å². The van der Waals surface area contributed by atoms with Crippen molar-refractivity contribution in [1.29, 1.82) is 0 Å². The van der Waals surface area contributed by atoms with Crippen molar-refractivity contribution in [2.45, 2.75) is 12.8 Å². The van der Waals surface area contributed by atoms with Crippen LogP contribution in [0.15, 0.2) is 54.6 Å². The third-order valence-corrected chi connectivity index (χ3v) is 6.68. The molecule has 5 nitrogen and oxygen atoms in total. The van der Waals surface area contributed by atoms with E-state index in [1.807, 2.05) is 18.2 Å². The van der Waals surface area contributed by atoms with Crippen LogP contribution in [0.5, 0.6) is 0 Å². The predicted octanol–water partition coefficient (Wildman–Crippen LogP) is 6.04. The molecule has 0 aliphatic carbocycles. The van der Waals surface area contributed by atoms with Crippen molar-refractivity contribution in [3.8, 4) is 11.1 Å². The number of rotatable bonds is 5. The first kappa shape index (κ1) is 24.0. The monoisotopic (exact) mass is 499 g/mol. The molecule has 1 saturated heterocycles. The van der Waals surface area contributed by atoms with Gasteiger partial charge in [0.2, 0.25) is 0 Å². The smallest absolute Gasteiger partial charge is 0.262 e. The van der Waals surface area contributed by atoms with Gasteiger partial charge in [0.05, 0.1) is 22.0 Å². The molecular weight excluding hydrogens is 476 g/mol. The van der Waals surface area contributed by atoms with Gasteiger partial charge in [-0.25, -0.2) is 4.39 Å². The Bertz CT molecular complexity index is 1240. The summed E-state index contributed by atoms with van der Waals surface area (Å²) in [6.45, 7) is 1.68. The van der Waals surface area contributed by atoms with Crippen LogP contribution in [0, 0.1) is 5.82 Å². The van der Waals surface area contributed by atoms with E-state index in [2.05, 4.69) is 10.2 Å². The molecule has 2 amide bonds. The lowest BCUT2D eigenvalue weighted by Crippen LogP contribution is -2.30. The van der Waals surface area contributed by atoms with Crippen LogP contribution in [0.3, 0.4) is 0 Å². The molecule has 1 fully saturated rings. The van der Waals surface area contributed by atoms with E-state index in [4.69, 9.17) is 23.2 Å². The molecule has 4 rings (SSSR count). The molecule has 0 aromatic heterocycles. The first-order valence-electron chi connectivity index (χ1n) is 10.9. The molecule has 3 aromatic rings. The highest BCUT2D eigenvalue weighted by molar-refractivity contribution is 6.35. The number of hydrogen-bond acceptors (Lipinski definition) is 3. The lowest BCUT2D eigenvalue weighted by atomic mass is 10.0. The van der Waals surface area contributed by atoms with E-state index in [0.717, 1.165) is 37.2 Å². The Morgan fingerprint density at radius 1 is 1.00 bits per heavy atom. The zero-order valence-electron chi connectivity index (χ0n) is 18.9. The van der Waals surface area contributed by atoms with Gasteiger partial charge in [0.25, 0.3) is 11.8 Å². The van der Waals surface area contributed by atoms with E-state index in [1.54, 1.807) is 32.3 Å². The SMILES string of the molecule is CNC(=O)c1ccc(Cl)c(-c2ccc(N(C)C(=O)c3c(F)cccc3Cl)c(N3CCCC3)c2)c1. The predicted molar refractivity (Wildman–Crippen MR) is 136 cm³/mol. The Kier molecular flexibility index (Phi) is 7.10. The van der Waals surface area contributed by atoms with Crippen molar-refractivity contribution in [3.05, 3.63) is 81.6 Å². The van der Waals surface area contributed by atoms with Crippen LogP contribution in [0.4, 0.5) is 15.8 Å². The molecule has 1 aliphatic heterocycles. The summed E-state index contributed by atoms with van der Waals surface area (Å²) < 4.78 is 14.5. The molecule has 8 heteroatoms. The fourth-order valence-corrected chi connectivity index (χ4v) is 4.67. The average Bonchev–Trinajstić information content (AvgIpc) is 3.38. The standard InChI is InChI=1S/C26H24Cl2FN3O2/c1-30-25(33)17-8-10-19(27)18(14-17)16-9-11-22(23(15-16)32-12-3-4-13-32)31(2)26(34)24-20(28)6-5-7-21(24)29/h5-11,14-15H,3-4,12-13H2,1-2H3,(H,30,33). The molecular formula is C26H24Cl2FN3O2. The Labute approximate surface area is 208 Å². The van der Waals surface area contributed by atoms with Gasteiger partial charge in [-0.15, -0.1) is 0 Å². The normalized spacial score (nSPS) is 13.1. The van der Waals surface area contributed by atoms with Crippen molar-refractivity contribution in [3.63, 3.8) is 0 Å². The van der Waals surface area contributed by atoms with Crippen molar-refractivity contribution in [2.75, 3.05) is 37.0 Å². The Morgan fingerprint density at radius 2 is 1.74 bits per heavy atom. The second-order valence-electron chi connectivity index (χ2n) is 8.13. The van der Waals surface area contributed by atoms with Crippen LogP contribution in [0.25, 0.3) is 11.1 Å². The summed E-state index contributed by atoms with van der Waals surface area (Å²) in [5, 5.41) is 3.19. The molecule has 1 N–H and O–H groups in total. The van der Waals surface area contributed by atoms with E-state index in [-0.39, 0.29) is 16.5 Å². The number of carbonyl (C=O) groups excluding carboxylic acids is 2. The summed E-state index contributed by atoms with van der Waals surface area (Å²) >= 11 is 12.6. The number of amides is 2. The molecule has 1 heterocycles. The van der Waals surface area contributed by atoms with Crippen LogP contribution in [-0.4, -0.2) is 39.0 Å². The minimum Gasteiger partial charge on any atom is -0.370 e. The molecule has 176 valence electrons. The van der Waals surface area contributed by atoms with E-state index < -0.39 is 11.7 Å². The van der Waals surface area contributed by atoms with E-state index in [1.165, 1.54) is 23.1 Å². The van der Waals surface area contributed by atoms with Gasteiger partial charge in [-0.05, 0) is 60.9 Å². The van der Waals surface area contributed by atoms with E-state index in [0.29, 0.717) is 21.8 Å². The van der Waals surface area contributed by atoms with Gasteiger partial charge >= 0.3 is 0 Å². The number of anilines is 2. The summed E-state index contributed by atoms with van der Waals surface area (Å²) in [6.07, 6.45) is 2.07. The molecule has 0 unspecified atom stereocenters. The molecule has 0 bridgehead atoms. The molecule has 3 aromatic carbocycles. The van der Waals surface area contributed by atoms with Gasteiger partial charge in [0.15, 0.2) is 0 Å². The van der Waals surface area contributed by atoms with Gasteiger partial charge in [-0.1, -0.05) is 35.3 Å². The molecule has 0 atom stereocenters. The Hall–Kier alpha value is -3.09. The highest BCUT2D eigenvalue weighted by Crippen LogP contribution is 2.38. The third-order valence-electron chi connectivity index (χ3n) is 6.03. The number of carbonyl (C=O) groups is 2. The summed E-state index contributed by atoms with van der Waals surface area (Å²) in [5.41, 5.74) is 3.32. The van der Waals surface area contributed by atoms with Crippen LogP contribution in [0.2, 0.25) is 10.0 Å². The molecule has 0 saturated carbocycles. The van der Waals surface area contributed by atoms with Crippen LogP contribution in [-0.2, 0) is 0 Å². The topological polar surface area (TPSA) is 52.7 Å². The summed E-state index contributed by atoms with van der Waals surface area (Å²) in [6, 6.07) is 14.9. The molecule has 34 heavy (non-hydrogen) atoms. The van der Waals surface area contributed by atoms with Gasteiger partial charge in [-0.2, -0.15) is 0 Å². The fraction of sp³-hybridized carbons (Fsp3) is 0.231. The quantitative estimate of drug-likeness (QED) is 0.465. The third kappa shape index (κ3) is 4.61. The largest absolute Gasteiger partial charge is 0.370 e. The van der Waals surface area contributed by atoms with Crippen molar-refractivity contribution >= 4 is 46.4 Å². The molecule has 0 radical (unpaired) electrons. The molecule has 1 aliphatic rings. The first-order chi connectivity index (χ1) is 16.3. The summed E-state index contributed by atoms with van der Waals surface area (Å²) in [5.74, 6) is -1.40. The number of benzene rings is 3. The van der Waals surface area contributed by atoms with Crippen molar-refractivity contribution in [2.24, 2.45) is 0 Å². The van der Waals surface area contributed by atoms with Crippen molar-refractivity contribution < 1.29 is 14.0 Å². The maximum absolute atomic E-state index is 14.5. The minimum absolute atomic E-state index is 0.0639. The lowest BCUT2D eigenvalue weighted by Gasteiger charge is -2.27. The molecule has 0 spiro atoms. The van der Waals surface area contributed by atoms with Gasteiger partial charge in [0, 0.05) is 43.3 Å². The van der Waals surface area contributed by atoms with Gasteiger partial charge in [-0.3, -0.25) is 9.59 Å². The maximum atomic E-state index is 14.5. The Balaban J connectivity index is 1.80. The first-order valence-corrected chi connectivity index (χ1v) is 11.7. The number of nitrogens with zero attached hydrogens (tertiary/aromatic N) is 2. The minimum atomic E-state index is -0.665. The lowest BCUT2D eigenvalue weighted by molar-refractivity contribution is 0.0961. The second kappa shape index (κ2) is 10.0. The number of halogens is 3. The van der Waals surface area contributed by atoms with Gasteiger partial charge < -0.3 is 15.1 Å². The van der Waals surface area contributed by atoms with Crippen molar-refractivity contribution in [1.82, 2.24) is 5.32 Å². The van der Waals surface area contributed by atoms with Crippen LogP contribution >= 0.6 is 23.2 Å². The highest BCUT2D eigenvalue weighted by Gasteiger charge is 2.25. The maximum Gasteiger partial charge on any atom is 0.262 e. The zero-order chi connectivity index (χ0) is 24.4. The Morgan fingerprint density at radius 3 is 2.41 bits per heavy atom.